The number of aromatic nitrogens is 2. The van der Waals surface area contributed by atoms with Gasteiger partial charge in [-0.2, -0.15) is 5.10 Å². The van der Waals surface area contributed by atoms with Crippen LogP contribution < -0.4 is 0 Å². The summed E-state index contributed by atoms with van der Waals surface area (Å²) in [7, 11) is 0. The highest BCUT2D eigenvalue weighted by Crippen LogP contribution is 2.39. The molecule has 2 atom stereocenters. The maximum Gasteiger partial charge on any atom is 0.244 e. The zero-order valence-electron chi connectivity index (χ0n) is 15.0. The average molecular weight is 359 g/mol. The second-order valence-corrected chi connectivity index (χ2v) is 7.69. The number of aliphatic hydroxyl groups excluding tert-OH is 1. The van der Waals surface area contributed by atoms with Gasteiger partial charge in [-0.1, -0.05) is 18.2 Å². The smallest absolute Gasteiger partial charge is 0.244 e. The SMILES string of the molecule is C[C@@]1(O)CCOC2(CCN(C(=O)Cn3cc4ccccc4n3)CC2)[C@H]1O. The van der Waals surface area contributed by atoms with E-state index >= 15 is 0 Å². The molecule has 2 aliphatic rings. The third kappa shape index (κ3) is 3.00. The van der Waals surface area contributed by atoms with Crippen molar-refractivity contribution in [2.24, 2.45) is 0 Å². The summed E-state index contributed by atoms with van der Waals surface area (Å²) in [6, 6.07) is 7.77. The molecule has 2 saturated heterocycles. The topological polar surface area (TPSA) is 87.8 Å². The van der Waals surface area contributed by atoms with E-state index in [1.54, 1.807) is 16.5 Å². The summed E-state index contributed by atoms with van der Waals surface area (Å²) in [5.74, 6) is 0.00437. The molecule has 1 aromatic heterocycles. The lowest BCUT2D eigenvalue weighted by molar-refractivity contribution is -0.245. The lowest BCUT2D eigenvalue weighted by Gasteiger charge is -2.51. The molecule has 1 aromatic carbocycles. The second-order valence-electron chi connectivity index (χ2n) is 7.69. The molecule has 2 aliphatic heterocycles. The van der Waals surface area contributed by atoms with Crippen LogP contribution >= 0.6 is 0 Å². The number of hydrogen-bond donors (Lipinski definition) is 2. The van der Waals surface area contributed by atoms with Crippen LogP contribution in [-0.4, -0.2) is 67.8 Å². The minimum Gasteiger partial charge on any atom is -0.387 e. The van der Waals surface area contributed by atoms with Crippen LogP contribution in [0.1, 0.15) is 26.2 Å². The van der Waals surface area contributed by atoms with Crippen LogP contribution in [0.5, 0.6) is 0 Å². The van der Waals surface area contributed by atoms with E-state index in [1.807, 2.05) is 30.5 Å². The zero-order chi connectivity index (χ0) is 18.4. The number of fused-ring (bicyclic) bond motifs is 1. The molecule has 0 saturated carbocycles. The summed E-state index contributed by atoms with van der Waals surface area (Å²) < 4.78 is 7.55. The van der Waals surface area contributed by atoms with Crippen molar-refractivity contribution in [3.8, 4) is 0 Å². The van der Waals surface area contributed by atoms with Crippen molar-refractivity contribution in [2.45, 2.75) is 50.0 Å². The Morgan fingerprint density at radius 3 is 2.77 bits per heavy atom. The van der Waals surface area contributed by atoms with Crippen LogP contribution in [0.4, 0.5) is 0 Å². The van der Waals surface area contributed by atoms with Gasteiger partial charge in [0.05, 0.1) is 17.7 Å². The van der Waals surface area contributed by atoms with E-state index in [2.05, 4.69) is 5.10 Å². The number of rotatable bonds is 2. The zero-order valence-corrected chi connectivity index (χ0v) is 15.0. The standard InChI is InChI=1S/C19H25N3O4/c1-18(25)8-11-26-19(17(18)24)6-9-21(10-7-19)16(23)13-22-12-14-4-2-3-5-15(14)20-22/h2-5,12,17,24-25H,6-11,13H2,1H3/t17-,18+/m0/s1. The van der Waals surface area contributed by atoms with Gasteiger partial charge in [0, 0.05) is 31.1 Å². The summed E-state index contributed by atoms with van der Waals surface area (Å²) in [5, 5.41) is 26.4. The number of benzene rings is 1. The van der Waals surface area contributed by atoms with Gasteiger partial charge >= 0.3 is 0 Å². The fourth-order valence-electron chi connectivity index (χ4n) is 4.13. The number of nitrogens with zero attached hydrogens (tertiary/aromatic N) is 3. The molecule has 26 heavy (non-hydrogen) atoms. The van der Waals surface area contributed by atoms with Crippen LogP contribution in [0.2, 0.25) is 0 Å². The number of carbonyl (C=O) groups is 1. The van der Waals surface area contributed by atoms with Crippen molar-refractivity contribution in [1.29, 1.82) is 0 Å². The summed E-state index contributed by atoms with van der Waals surface area (Å²) in [5.41, 5.74) is -1.02. The molecule has 0 bridgehead atoms. The normalized spacial score (nSPS) is 28.6. The fourth-order valence-corrected chi connectivity index (χ4v) is 4.13. The maximum atomic E-state index is 12.6. The van der Waals surface area contributed by atoms with E-state index in [1.165, 1.54) is 0 Å². The first-order valence-electron chi connectivity index (χ1n) is 9.14. The van der Waals surface area contributed by atoms with Crippen molar-refractivity contribution < 1.29 is 19.7 Å². The molecule has 1 amide bonds. The second kappa shape index (κ2) is 6.33. The fraction of sp³-hybridized carbons (Fsp3) is 0.579. The number of likely N-dealkylation sites (tertiary alicyclic amines) is 1. The monoisotopic (exact) mass is 359 g/mol. The van der Waals surface area contributed by atoms with Gasteiger partial charge < -0.3 is 19.8 Å². The molecule has 0 aliphatic carbocycles. The number of ether oxygens (including phenoxy) is 1. The Hall–Kier alpha value is -1.96. The molecular formula is C19H25N3O4. The summed E-state index contributed by atoms with van der Waals surface area (Å²) in [6.07, 6.45) is 2.42. The van der Waals surface area contributed by atoms with Crippen LogP contribution in [-0.2, 0) is 16.1 Å². The van der Waals surface area contributed by atoms with E-state index in [-0.39, 0.29) is 12.5 Å². The van der Waals surface area contributed by atoms with Gasteiger partial charge in [-0.3, -0.25) is 9.48 Å². The predicted molar refractivity (Wildman–Crippen MR) is 95.5 cm³/mol. The van der Waals surface area contributed by atoms with Crippen LogP contribution in [0.15, 0.2) is 30.5 Å². The van der Waals surface area contributed by atoms with E-state index < -0.39 is 17.3 Å². The molecule has 1 spiro atoms. The van der Waals surface area contributed by atoms with Gasteiger partial charge in [0.25, 0.3) is 0 Å². The lowest BCUT2D eigenvalue weighted by atomic mass is 9.75. The summed E-state index contributed by atoms with van der Waals surface area (Å²) in [6.45, 7) is 3.29. The number of amides is 1. The van der Waals surface area contributed by atoms with Gasteiger partial charge in [-0.25, -0.2) is 0 Å². The van der Waals surface area contributed by atoms with Gasteiger partial charge in [0.2, 0.25) is 5.91 Å². The molecule has 0 unspecified atom stereocenters. The Kier molecular flexibility index (Phi) is 4.25. The highest BCUT2D eigenvalue weighted by atomic mass is 16.5. The van der Waals surface area contributed by atoms with E-state index in [0.717, 1.165) is 10.9 Å². The van der Waals surface area contributed by atoms with Gasteiger partial charge in [0.15, 0.2) is 0 Å². The molecular weight excluding hydrogens is 334 g/mol. The molecule has 4 rings (SSSR count). The van der Waals surface area contributed by atoms with Crippen molar-refractivity contribution >= 4 is 16.8 Å². The van der Waals surface area contributed by atoms with Crippen LogP contribution in [0.25, 0.3) is 10.9 Å². The highest BCUT2D eigenvalue weighted by molar-refractivity contribution is 5.80. The first-order valence-corrected chi connectivity index (χ1v) is 9.14. The molecule has 7 heteroatoms. The Balaban J connectivity index is 1.40. The quantitative estimate of drug-likeness (QED) is 0.833. The third-order valence-electron chi connectivity index (χ3n) is 5.81. The minimum absolute atomic E-state index is 0.00437. The van der Waals surface area contributed by atoms with Gasteiger partial charge in [-0.05, 0) is 25.8 Å². The van der Waals surface area contributed by atoms with Crippen molar-refractivity contribution in [1.82, 2.24) is 14.7 Å². The van der Waals surface area contributed by atoms with E-state index in [9.17, 15) is 15.0 Å². The molecule has 140 valence electrons. The summed E-state index contributed by atoms with van der Waals surface area (Å²) >= 11 is 0. The van der Waals surface area contributed by atoms with E-state index in [0.29, 0.717) is 39.0 Å². The summed E-state index contributed by atoms with van der Waals surface area (Å²) in [4.78, 5) is 14.4. The number of carbonyl (C=O) groups excluding carboxylic acids is 1. The highest BCUT2D eigenvalue weighted by Gasteiger charge is 2.52. The molecule has 2 aromatic rings. The van der Waals surface area contributed by atoms with Crippen molar-refractivity contribution in [3.05, 3.63) is 30.5 Å². The molecule has 0 radical (unpaired) electrons. The Bertz CT molecular complexity index is 775. The average Bonchev–Trinajstić information content (AvgIpc) is 3.02. The Labute approximate surface area is 152 Å². The first kappa shape index (κ1) is 17.5. The molecule has 3 heterocycles. The van der Waals surface area contributed by atoms with Crippen molar-refractivity contribution in [2.75, 3.05) is 19.7 Å². The first-order chi connectivity index (χ1) is 12.4. The van der Waals surface area contributed by atoms with Crippen LogP contribution in [0.3, 0.4) is 0 Å². The largest absolute Gasteiger partial charge is 0.387 e. The Morgan fingerprint density at radius 2 is 2.04 bits per heavy atom. The van der Waals surface area contributed by atoms with Crippen molar-refractivity contribution in [3.63, 3.8) is 0 Å². The third-order valence-corrected chi connectivity index (χ3v) is 5.81. The van der Waals surface area contributed by atoms with Crippen LogP contribution in [0, 0.1) is 0 Å². The number of piperidine rings is 1. The van der Waals surface area contributed by atoms with E-state index in [4.69, 9.17) is 4.74 Å². The lowest BCUT2D eigenvalue weighted by Crippen LogP contribution is -2.64. The van der Waals surface area contributed by atoms with Gasteiger partial charge in [0.1, 0.15) is 18.2 Å². The Morgan fingerprint density at radius 1 is 1.31 bits per heavy atom. The number of hydrogen-bond acceptors (Lipinski definition) is 5. The van der Waals surface area contributed by atoms with Gasteiger partial charge in [-0.15, -0.1) is 0 Å². The minimum atomic E-state index is -1.14. The molecule has 7 nitrogen and oxygen atoms in total. The number of aliphatic hydroxyl groups is 2. The predicted octanol–water partition coefficient (Wildman–Crippen LogP) is 0.930. The maximum absolute atomic E-state index is 12.6. The molecule has 2 N–H and O–H groups in total. The molecule has 2 fully saturated rings.